The normalized spacial score (nSPS) is 10.6. The van der Waals surface area contributed by atoms with Crippen molar-refractivity contribution in [1.29, 1.82) is 0 Å². The van der Waals surface area contributed by atoms with Gasteiger partial charge in [0, 0.05) is 17.7 Å². The molecular formula is C19H17Cl2N3O4S. The van der Waals surface area contributed by atoms with E-state index >= 15 is 0 Å². The van der Waals surface area contributed by atoms with Crippen LogP contribution in [0.3, 0.4) is 0 Å². The first-order chi connectivity index (χ1) is 14.0. The Hall–Kier alpha value is -2.42. The van der Waals surface area contributed by atoms with Gasteiger partial charge in [-0.25, -0.2) is 0 Å². The van der Waals surface area contributed by atoms with E-state index in [4.69, 9.17) is 37.1 Å². The van der Waals surface area contributed by atoms with E-state index in [-0.39, 0.29) is 12.3 Å². The number of anilines is 1. The maximum atomic E-state index is 12.1. The molecule has 1 N–H and O–H groups in total. The standard InChI is InChI=1S/C19H17Cl2N3O4S/c1-26-14-7-6-11(10-15(14)27-2)18-23-24-19(28-18)29-9-8-16(25)22-17-12(20)4-3-5-13(17)21/h3-7,10H,8-9H2,1-2H3,(H,22,25). The number of rotatable bonds is 8. The highest BCUT2D eigenvalue weighted by Crippen LogP contribution is 2.33. The van der Waals surface area contributed by atoms with E-state index in [2.05, 4.69) is 15.5 Å². The molecule has 0 unspecified atom stereocenters. The summed E-state index contributed by atoms with van der Waals surface area (Å²) in [5, 5.41) is 11.9. The summed E-state index contributed by atoms with van der Waals surface area (Å²) < 4.78 is 16.1. The lowest BCUT2D eigenvalue weighted by atomic mass is 10.2. The summed E-state index contributed by atoms with van der Waals surface area (Å²) in [5.74, 6) is 1.75. The maximum absolute atomic E-state index is 12.1. The number of halogens is 2. The van der Waals surface area contributed by atoms with Gasteiger partial charge in [0.1, 0.15) is 0 Å². The molecule has 7 nitrogen and oxygen atoms in total. The second kappa shape index (κ2) is 9.87. The quantitative estimate of drug-likeness (QED) is 0.469. The Bertz CT molecular complexity index is 993. The fourth-order valence-corrected chi connectivity index (χ4v) is 3.59. The first-order valence-electron chi connectivity index (χ1n) is 8.44. The molecule has 0 spiro atoms. The van der Waals surface area contributed by atoms with Crippen molar-refractivity contribution >= 4 is 46.6 Å². The van der Waals surface area contributed by atoms with Crippen LogP contribution in [0.5, 0.6) is 11.5 Å². The topological polar surface area (TPSA) is 86.5 Å². The van der Waals surface area contributed by atoms with Crippen molar-refractivity contribution in [2.45, 2.75) is 11.6 Å². The zero-order valence-electron chi connectivity index (χ0n) is 15.6. The van der Waals surface area contributed by atoms with E-state index in [0.717, 1.165) is 0 Å². The molecule has 3 rings (SSSR count). The zero-order chi connectivity index (χ0) is 20.8. The molecule has 0 radical (unpaired) electrons. The fourth-order valence-electron chi connectivity index (χ4n) is 2.40. The van der Waals surface area contributed by atoms with Crippen molar-refractivity contribution in [3.63, 3.8) is 0 Å². The van der Waals surface area contributed by atoms with Crippen LogP contribution in [0.25, 0.3) is 11.5 Å². The Labute approximate surface area is 181 Å². The number of aromatic nitrogens is 2. The SMILES string of the molecule is COc1ccc(-c2nnc(SCCC(=O)Nc3c(Cl)cccc3Cl)o2)cc1OC. The highest BCUT2D eigenvalue weighted by atomic mass is 35.5. The van der Waals surface area contributed by atoms with Gasteiger partial charge in [-0.3, -0.25) is 4.79 Å². The number of methoxy groups -OCH3 is 2. The Morgan fingerprint density at radius 3 is 2.52 bits per heavy atom. The summed E-state index contributed by atoms with van der Waals surface area (Å²) in [6, 6.07) is 10.3. The summed E-state index contributed by atoms with van der Waals surface area (Å²) in [7, 11) is 3.12. The van der Waals surface area contributed by atoms with Crippen molar-refractivity contribution in [2.24, 2.45) is 0 Å². The van der Waals surface area contributed by atoms with E-state index in [9.17, 15) is 4.79 Å². The predicted octanol–water partition coefficient (Wildman–Crippen LogP) is 5.18. The van der Waals surface area contributed by atoms with Crippen molar-refractivity contribution in [1.82, 2.24) is 10.2 Å². The number of para-hydroxylation sites is 1. The van der Waals surface area contributed by atoms with Gasteiger partial charge in [0.15, 0.2) is 11.5 Å². The number of amides is 1. The number of nitrogens with one attached hydrogen (secondary N) is 1. The summed E-state index contributed by atoms with van der Waals surface area (Å²) in [6.07, 6.45) is 0.223. The number of hydrogen-bond acceptors (Lipinski definition) is 7. The van der Waals surface area contributed by atoms with Gasteiger partial charge in [0.2, 0.25) is 11.8 Å². The molecule has 29 heavy (non-hydrogen) atoms. The molecular weight excluding hydrogens is 437 g/mol. The highest BCUT2D eigenvalue weighted by molar-refractivity contribution is 7.99. The molecule has 10 heteroatoms. The fraction of sp³-hybridized carbons (Fsp3) is 0.211. The Balaban J connectivity index is 1.56. The van der Waals surface area contributed by atoms with Crippen molar-refractivity contribution in [3.8, 4) is 23.0 Å². The molecule has 0 aliphatic carbocycles. The number of hydrogen-bond donors (Lipinski definition) is 1. The van der Waals surface area contributed by atoms with Gasteiger partial charge in [-0.1, -0.05) is 41.0 Å². The van der Waals surface area contributed by atoms with Crippen LogP contribution in [-0.2, 0) is 4.79 Å². The highest BCUT2D eigenvalue weighted by Gasteiger charge is 2.14. The summed E-state index contributed by atoms with van der Waals surface area (Å²) in [4.78, 5) is 12.1. The van der Waals surface area contributed by atoms with Crippen LogP contribution in [0.1, 0.15) is 6.42 Å². The van der Waals surface area contributed by atoms with Crippen LogP contribution >= 0.6 is 35.0 Å². The van der Waals surface area contributed by atoms with Crippen LogP contribution in [-0.4, -0.2) is 36.1 Å². The number of thioether (sulfide) groups is 1. The number of carbonyl (C=O) groups is 1. The zero-order valence-corrected chi connectivity index (χ0v) is 17.9. The van der Waals surface area contributed by atoms with Gasteiger partial charge < -0.3 is 19.2 Å². The van der Waals surface area contributed by atoms with Crippen molar-refractivity contribution in [3.05, 3.63) is 46.4 Å². The number of carbonyl (C=O) groups excluding carboxylic acids is 1. The van der Waals surface area contributed by atoms with E-state index in [1.54, 1.807) is 50.6 Å². The first-order valence-corrected chi connectivity index (χ1v) is 10.2. The van der Waals surface area contributed by atoms with E-state index in [0.29, 0.717) is 49.7 Å². The van der Waals surface area contributed by atoms with Crippen LogP contribution in [0.4, 0.5) is 5.69 Å². The molecule has 0 atom stereocenters. The van der Waals surface area contributed by atoms with E-state index in [1.807, 2.05) is 0 Å². The minimum Gasteiger partial charge on any atom is -0.493 e. The molecule has 1 heterocycles. The molecule has 0 fully saturated rings. The number of ether oxygens (including phenoxy) is 2. The minimum atomic E-state index is -0.216. The van der Waals surface area contributed by atoms with E-state index < -0.39 is 0 Å². The second-order valence-electron chi connectivity index (χ2n) is 5.69. The number of nitrogens with zero attached hydrogens (tertiary/aromatic N) is 2. The lowest BCUT2D eigenvalue weighted by Gasteiger charge is -2.08. The van der Waals surface area contributed by atoms with Gasteiger partial charge in [-0.05, 0) is 30.3 Å². The third-order valence-electron chi connectivity index (χ3n) is 3.82. The molecule has 0 aliphatic rings. The predicted molar refractivity (Wildman–Crippen MR) is 113 cm³/mol. The molecule has 1 aromatic heterocycles. The third kappa shape index (κ3) is 5.35. The Kier molecular flexibility index (Phi) is 7.24. The van der Waals surface area contributed by atoms with Gasteiger partial charge in [-0.2, -0.15) is 0 Å². The maximum Gasteiger partial charge on any atom is 0.276 e. The van der Waals surface area contributed by atoms with Gasteiger partial charge in [-0.15, -0.1) is 10.2 Å². The molecule has 0 aliphatic heterocycles. The Morgan fingerprint density at radius 2 is 1.83 bits per heavy atom. The first kappa shape index (κ1) is 21.3. The number of benzene rings is 2. The second-order valence-corrected chi connectivity index (χ2v) is 7.55. The lowest BCUT2D eigenvalue weighted by molar-refractivity contribution is -0.115. The van der Waals surface area contributed by atoms with Crippen LogP contribution < -0.4 is 14.8 Å². The summed E-state index contributed by atoms with van der Waals surface area (Å²) >= 11 is 13.4. The van der Waals surface area contributed by atoms with Crippen molar-refractivity contribution in [2.75, 3.05) is 25.3 Å². The van der Waals surface area contributed by atoms with Gasteiger partial charge in [0.25, 0.3) is 5.22 Å². The third-order valence-corrected chi connectivity index (χ3v) is 5.27. The summed E-state index contributed by atoms with van der Waals surface area (Å²) in [5.41, 5.74) is 1.10. The smallest absolute Gasteiger partial charge is 0.276 e. The molecule has 3 aromatic rings. The van der Waals surface area contributed by atoms with Crippen LogP contribution in [0.2, 0.25) is 10.0 Å². The van der Waals surface area contributed by atoms with Crippen molar-refractivity contribution < 1.29 is 18.7 Å². The average molecular weight is 454 g/mol. The van der Waals surface area contributed by atoms with Crippen LogP contribution in [0.15, 0.2) is 46.0 Å². The lowest BCUT2D eigenvalue weighted by Crippen LogP contribution is -2.12. The molecule has 0 saturated carbocycles. The monoisotopic (exact) mass is 453 g/mol. The largest absolute Gasteiger partial charge is 0.493 e. The molecule has 1 amide bonds. The van der Waals surface area contributed by atoms with E-state index in [1.165, 1.54) is 11.8 Å². The minimum absolute atomic E-state index is 0.216. The van der Waals surface area contributed by atoms with Crippen LogP contribution in [0, 0.1) is 0 Å². The Morgan fingerprint density at radius 1 is 1.10 bits per heavy atom. The summed E-state index contributed by atoms with van der Waals surface area (Å²) in [6.45, 7) is 0. The average Bonchev–Trinajstić information content (AvgIpc) is 3.19. The van der Waals surface area contributed by atoms with Gasteiger partial charge in [0.05, 0.1) is 30.0 Å². The molecule has 152 valence electrons. The molecule has 0 saturated heterocycles. The van der Waals surface area contributed by atoms with Gasteiger partial charge >= 0.3 is 0 Å². The molecule has 2 aromatic carbocycles. The molecule has 0 bridgehead atoms.